The van der Waals surface area contributed by atoms with Crippen molar-refractivity contribution in [2.75, 3.05) is 5.32 Å². The number of halogens is 7. The zero-order valence-electron chi connectivity index (χ0n) is 14.0. The summed E-state index contributed by atoms with van der Waals surface area (Å²) in [5.41, 5.74) is -4.12. The average Bonchev–Trinajstić information content (AvgIpc) is 3.07. The summed E-state index contributed by atoms with van der Waals surface area (Å²) in [5, 5.41) is 5.36. The first-order valence-electron chi connectivity index (χ1n) is 7.73. The van der Waals surface area contributed by atoms with Crippen molar-refractivity contribution in [3.63, 3.8) is 0 Å². The van der Waals surface area contributed by atoms with Gasteiger partial charge in [-0.25, -0.2) is 14.1 Å². The Labute approximate surface area is 157 Å². The van der Waals surface area contributed by atoms with Gasteiger partial charge in [0, 0.05) is 0 Å². The lowest BCUT2D eigenvalue weighted by molar-refractivity contribution is -0.143. The van der Waals surface area contributed by atoms with E-state index in [1.807, 2.05) is 5.32 Å². The second-order valence-electron chi connectivity index (χ2n) is 5.66. The minimum atomic E-state index is -5.07. The van der Waals surface area contributed by atoms with Gasteiger partial charge < -0.3 is 5.32 Å². The molecule has 0 aliphatic heterocycles. The van der Waals surface area contributed by atoms with Gasteiger partial charge in [0.15, 0.2) is 5.69 Å². The van der Waals surface area contributed by atoms with E-state index in [0.717, 1.165) is 36.4 Å². The van der Waals surface area contributed by atoms with E-state index in [1.165, 1.54) is 0 Å². The number of nitrogens with zero attached hydrogens (tertiary/aromatic N) is 3. The lowest BCUT2D eigenvalue weighted by atomic mass is 10.2. The smallest absolute Gasteiger partial charge is 0.306 e. The molecule has 0 spiro atoms. The van der Waals surface area contributed by atoms with E-state index in [2.05, 4.69) is 10.1 Å². The van der Waals surface area contributed by atoms with Crippen molar-refractivity contribution < 1.29 is 35.5 Å². The van der Waals surface area contributed by atoms with Gasteiger partial charge in [-0.15, -0.1) is 0 Å². The van der Waals surface area contributed by atoms with Crippen LogP contribution in [0.25, 0.3) is 5.69 Å². The molecule has 3 aromatic rings. The predicted octanol–water partition coefficient (Wildman–Crippen LogP) is 4.70. The van der Waals surface area contributed by atoms with Gasteiger partial charge in [-0.1, -0.05) is 12.1 Å². The van der Waals surface area contributed by atoms with E-state index in [1.54, 1.807) is 0 Å². The number of carbonyl (C=O) groups excluding carboxylic acids is 1. The molecule has 5 nitrogen and oxygen atoms in total. The lowest BCUT2D eigenvalue weighted by Crippen LogP contribution is -2.21. The lowest BCUT2D eigenvalue weighted by Gasteiger charge is -2.13. The Balaban J connectivity index is 2.00. The monoisotopic (exact) mass is 418 g/mol. The topological polar surface area (TPSA) is 59.8 Å². The Morgan fingerprint density at radius 3 is 2.28 bits per heavy atom. The maximum atomic E-state index is 13.5. The molecule has 0 unspecified atom stereocenters. The quantitative estimate of drug-likeness (QED) is 0.628. The van der Waals surface area contributed by atoms with Crippen molar-refractivity contribution in [1.82, 2.24) is 14.8 Å². The summed E-state index contributed by atoms with van der Waals surface area (Å²) < 4.78 is 92.4. The highest BCUT2D eigenvalue weighted by molar-refractivity contribution is 6.04. The molecule has 0 atom stereocenters. The third-order valence-electron chi connectivity index (χ3n) is 3.62. The van der Waals surface area contributed by atoms with E-state index in [-0.39, 0.29) is 5.69 Å². The van der Waals surface area contributed by atoms with Crippen molar-refractivity contribution in [3.8, 4) is 5.69 Å². The van der Waals surface area contributed by atoms with Crippen molar-refractivity contribution in [2.24, 2.45) is 0 Å². The summed E-state index contributed by atoms with van der Waals surface area (Å²) in [6, 6.07) is 6.63. The Hall–Kier alpha value is -3.44. The van der Waals surface area contributed by atoms with Crippen LogP contribution in [0.3, 0.4) is 0 Å². The summed E-state index contributed by atoms with van der Waals surface area (Å²) in [4.78, 5) is 15.5. The molecule has 29 heavy (non-hydrogen) atoms. The molecule has 0 radical (unpaired) electrons. The molecule has 152 valence electrons. The number of benzene rings is 1. The maximum absolute atomic E-state index is 13.5. The predicted molar refractivity (Wildman–Crippen MR) is 85.7 cm³/mol. The molecule has 2 aromatic heterocycles. The molecule has 1 N–H and O–H groups in total. The molecular formula is C17H9F7N4O. The average molecular weight is 418 g/mol. The van der Waals surface area contributed by atoms with Gasteiger partial charge in [0.1, 0.15) is 17.3 Å². The number of alkyl halides is 6. The van der Waals surface area contributed by atoms with Gasteiger partial charge in [0.05, 0.1) is 17.4 Å². The van der Waals surface area contributed by atoms with Gasteiger partial charge in [-0.3, -0.25) is 4.79 Å². The van der Waals surface area contributed by atoms with Crippen LogP contribution in [0.1, 0.15) is 21.7 Å². The fourth-order valence-corrected chi connectivity index (χ4v) is 2.44. The first-order chi connectivity index (χ1) is 13.5. The summed E-state index contributed by atoms with van der Waals surface area (Å²) in [6.45, 7) is 0. The highest BCUT2D eigenvalue weighted by Gasteiger charge is 2.41. The van der Waals surface area contributed by atoms with E-state index < -0.39 is 46.8 Å². The second kappa shape index (κ2) is 7.18. The van der Waals surface area contributed by atoms with Crippen LogP contribution in [0.2, 0.25) is 0 Å². The molecule has 3 rings (SSSR count). The van der Waals surface area contributed by atoms with Crippen molar-refractivity contribution in [2.45, 2.75) is 12.4 Å². The number of aromatic nitrogens is 3. The highest BCUT2D eigenvalue weighted by Crippen LogP contribution is 2.34. The first kappa shape index (κ1) is 20.3. The number of hydrogen-bond acceptors (Lipinski definition) is 3. The van der Waals surface area contributed by atoms with Crippen LogP contribution in [0.15, 0.2) is 48.7 Å². The molecule has 12 heteroatoms. The second-order valence-corrected chi connectivity index (χ2v) is 5.66. The largest absolute Gasteiger partial charge is 0.434 e. The Bertz CT molecular complexity index is 1060. The Morgan fingerprint density at radius 1 is 0.966 bits per heavy atom. The molecular weight excluding hydrogens is 409 g/mol. The SMILES string of the molecule is O=C(Nc1cccc(C(F)(F)F)n1)c1cnn(-c2cccc(F)c2)c1C(F)(F)F. The molecule has 0 aliphatic carbocycles. The van der Waals surface area contributed by atoms with Crippen LogP contribution in [-0.2, 0) is 12.4 Å². The molecule has 2 heterocycles. The summed E-state index contributed by atoms with van der Waals surface area (Å²) >= 11 is 0. The van der Waals surface area contributed by atoms with Crippen molar-refractivity contribution >= 4 is 11.7 Å². The summed E-state index contributed by atoms with van der Waals surface area (Å²) in [7, 11) is 0. The van der Waals surface area contributed by atoms with Gasteiger partial charge in [0.25, 0.3) is 5.91 Å². The fourth-order valence-electron chi connectivity index (χ4n) is 2.44. The number of amides is 1. The highest BCUT2D eigenvalue weighted by atomic mass is 19.4. The van der Waals surface area contributed by atoms with Crippen molar-refractivity contribution in [3.05, 3.63) is 71.4 Å². The zero-order valence-corrected chi connectivity index (χ0v) is 14.0. The maximum Gasteiger partial charge on any atom is 0.434 e. The molecule has 0 saturated heterocycles. The Kier molecular flexibility index (Phi) is 5.03. The number of anilines is 1. The zero-order chi connectivity index (χ0) is 21.4. The van der Waals surface area contributed by atoms with Gasteiger partial charge >= 0.3 is 12.4 Å². The number of carbonyl (C=O) groups is 1. The number of rotatable bonds is 3. The third kappa shape index (κ3) is 4.36. The van der Waals surface area contributed by atoms with Gasteiger partial charge in [0.2, 0.25) is 0 Å². The minimum Gasteiger partial charge on any atom is -0.306 e. The standard InChI is InChI=1S/C17H9F7N4O/c18-9-3-1-4-10(7-9)28-14(17(22,23)24)11(8-25-28)15(29)27-13-6-2-5-12(26-13)16(19,20)21/h1-8H,(H,26,27,29). The van der Waals surface area contributed by atoms with Gasteiger partial charge in [-0.2, -0.15) is 31.4 Å². The molecule has 0 bridgehead atoms. The van der Waals surface area contributed by atoms with Crippen LogP contribution >= 0.6 is 0 Å². The summed E-state index contributed by atoms with van der Waals surface area (Å²) in [5.74, 6) is -2.81. The Morgan fingerprint density at radius 2 is 1.66 bits per heavy atom. The number of hydrogen-bond donors (Lipinski definition) is 1. The minimum absolute atomic E-state index is 0.298. The molecule has 0 fully saturated rings. The molecule has 1 amide bonds. The van der Waals surface area contributed by atoms with Crippen LogP contribution in [0, 0.1) is 5.82 Å². The molecule has 0 saturated carbocycles. The summed E-state index contributed by atoms with van der Waals surface area (Å²) in [6.07, 6.45) is -9.30. The molecule has 1 aromatic carbocycles. The molecule has 0 aliphatic rings. The van der Waals surface area contributed by atoms with E-state index in [0.29, 0.717) is 16.9 Å². The van der Waals surface area contributed by atoms with E-state index in [9.17, 15) is 35.5 Å². The number of pyridine rings is 1. The fraction of sp³-hybridized carbons (Fsp3) is 0.118. The first-order valence-corrected chi connectivity index (χ1v) is 7.73. The normalized spacial score (nSPS) is 12.1. The van der Waals surface area contributed by atoms with E-state index >= 15 is 0 Å². The van der Waals surface area contributed by atoms with Crippen LogP contribution in [-0.4, -0.2) is 20.7 Å². The van der Waals surface area contributed by atoms with Gasteiger partial charge in [-0.05, 0) is 30.3 Å². The van der Waals surface area contributed by atoms with Crippen molar-refractivity contribution in [1.29, 1.82) is 0 Å². The third-order valence-corrected chi connectivity index (χ3v) is 3.62. The van der Waals surface area contributed by atoms with Crippen LogP contribution in [0.5, 0.6) is 0 Å². The number of nitrogens with one attached hydrogen (secondary N) is 1. The van der Waals surface area contributed by atoms with Crippen LogP contribution < -0.4 is 5.32 Å². The van der Waals surface area contributed by atoms with Crippen LogP contribution in [0.4, 0.5) is 36.6 Å². The van der Waals surface area contributed by atoms with E-state index in [4.69, 9.17) is 0 Å².